The number of alkyl halides is 1. The minimum absolute atomic E-state index is 0.350. The molecule has 0 aliphatic heterocycles. The molecule has 0 bridgehead atoms. The van der Waals surface area contributed by atoms with Crippen LogP contribution in [0.15, 0.2) is 0 Å². The molecule has 0 aliphatic carbocycles. The Kier molecular flexibility index (Phi) is 4.00. The van der Waals surface area contributed by atoms with Crippen molar-refractivity contribution in [3.05, 3.63) is 0 Å². The van der Waals surface area contributed by atoms with Crippen molar-refractivity contribution in [1.29, 1.82) is 0 Å². The minimum atomic E-state index is -3.07. The lowest BCUT2D eigenvalue weighted by Crippen LogP contribution is -2.42. The van der Waals surface area contributed by atoms with Crippen LogP contribution in [0.1, 0.15) is 20.3 Å². The van der Waals surface area contributed by atoms with Crippen molar-refractivity contribution in [3.8, 4) is 0 Å². The van der Waals surface area contributed by atoms with Crippen molar-refractivity contribution >= 4 is 26.0 Å². The Bertz CT molecular complexity index is 211. The molecule has 0 aromatic heterocycles. The second kappa shape index (κ2) is 3.87. The monoisotopic (exact) mass is 243 g/mol. The summed E-state index contributed by atoms with van der Waals surface area (Å²) in [7, 11) is -3.07. The van der Waals surface area contributed by atoms with E-state index in [0.717, 1.165) is 11.8 Å². The molecule has 0 aromatic carbocycles. The molecule has 0 unspecified atom stereocenters. The molecule has 0 aromatic rings. The van der Waals surface area contributed by atoms with Crippen LogP contribution in [-0.4, -0.2) is 25.5 Å². The standard InChI is InChI=1S/C6H14BrNO2S/c1-6(2,4-5-7)8-11(3,9)10/h8H,4-5H2,1-3H3. The lowest BCUT2D eigenvalue weighted by atomic mass is 10.0. The van der Waals surface area contributed by atoms with E-state index in [-0.39, 0.29) is 5.54 Å². The van der Waals surface area contributed by atoms with Gasteiger partial charge in [-0.05, 0) is 20.3 Å². The van der Waals surface area contributed by atoms with Gasteiger partial charge in [0.15, 0.2) is 0 Å². The number of halogens is 1. The first-order valence-electron chi connectivity index (χ1n) is 3.32. The third kappa shape index (κ3) is 6.77. The predicted octanol–water partition coefficient (Wildman–Crippen LogP) is 1.10. The van der Waals surface area contributed by atoms with Gasteiger partial charge in [0.1, 0.15) is 0 Å². The molecule has 68 valence electrons. The van der Waals surface area contributed by atoms with Crippen LogP contribution >= 0.6 is 15.9 Å². The van der Waals surface area contributed by atoms with E-state index in [9.17, 15) is 8.42 Å². The van der Waals surface area contributed by atoms with Crippen molar-refractivity contribution in [2.45, 2.75) is 25.8 Å². The Balaban J connectivity index is 4.13. The molecule has 0 aliphatic rings. The second-order valence-corrected chi connectivity index (χ2v) is 5.74. The summed E-state index contributed by atoms with van der Waals surface area (Å²) < 4.78 is 24.1. The van der Waals surface area contributed by atoms with Crippen molar-refractivity contribution < 1.29 is 8.42 Å². The second-order valence-electron chi connectivity index (χ2n) is 3.20. The van der Waals surface area contributed by atoms with Crippen molar-refractivity contribution in [2.24, 2.45) is 0 Å². The van der Waals surface area contributed by atoms with E-state index in [1.807, 2.05) is 13.8 Å². The quantitative estimate of drug-likeness (QED) is 0.753. The van der Waals surface area contributed by atoms with Crippen LogP contribution in [0.4, 0.5) is 0 Å². The fourth-order valence-electron chi connectivity index (χ4n) is 0.789. The molecule has 5 heteroatoms. The summed E-state index contributed by atoms with van der Waals surface area (Å²) in [5.41, 5.74) is -0.350. The maximum Gasteiger partial charge on any atom is 0.209 e. The minimum Gasteiger partial charge on any atom is -0.213 e. The van der Waals surface area contributed by atoms with Gasteiger partial charge < -0.3 is 0 Å². The molecule has 0 atom stereocenters. The van der Waals surface area contributed by atoms with E-state index in [0.29, 0.717) is 0 Å². The van der Waals surface area contributed by atoms with Crippen molar-refractivity contribution in [1.82, 2.24) is 4.72 Å². The van der Waals surface area contributed by atoms with Gasteiger partial charge in [-0.25, -0.2) is 13.1 Å². The number of sulfonamides is 1. The number of hydrogen-bond acceptors (Lipinski definition) is 2. The molecule has 0 amide bonds. The van der Waals surface area contributed by atoms with Crippen LogP contribution in [0.25, 0.3) is 0 Å². The molecule has 0 heterocycles. The molecule has 3 nitrogen and oxygen atoms in total. The topological polar surface area (TPSA) is 46.2 Å². The van der Waals surface area contributed by atoms with Gasteiger partial charge in [-0.1, -0.05) is 15.9 Å². The summed E-state index contributed by atoms with van der Waals surface area (Å²) in [5.74, 6) is 0. The highest BCUT2D eigenvalue weighted by Gasteiger charge is 2.20. The number of hydrogen-bond donors (Lipinski definition) is 1. The third-order valence-corrected chi connectivity index (χ3v) is 2.50. The Labute approximate surface area is 76.7 Å². The van der Waals surface area contributed by atoms with Gasteiger partial charge in [0.25, 0.3) is 0 Å². The van der Waals surface area contributed by atoms with E-state index >= 15 is 0 Å². The summed E-state index contributed by atoms with van der Waals surface area (Å²) in [6, 6.07) is 0. The molecule has 0 fully saturated rings. The predicted molar refractivity (Wildman–Crippen MR) is 50.5 cm³/mol. The largest absolute Gasteiger partial charge is 0.213 e. The molecule has 0 rings (SSSR count). The Morgan fingerprint density at radius 1 is 1.45 bits per heavy atom. The summed E-state index contributed by atoms with van der Waals surface area (Å²) in [4.78, 5) is 0. The molecule has 0 saturated heterocycles. The summed E-state index contributed by atoms with van der Waals surface area (Å²) in [6.45, 7) is 3.71. The molecule has 1 N–H and O–H groups in total. The number of rotatable bonds is 4. The van der Waals surface area contributed by atoms with Crippen LogP contribution in [0.2, 0.25) is 0 Å². The zero-order valence-electron chi connectivity index (χ0n) is 7.02. The van der Waals surface area contributed by atoms with Crippen LogP contribution in [0.3, 0.4) is 0 Å². The normalized spacial score (nSPS) is 13.5. The maximum absolute atomic E-state index is 10.8. The Hall–Kier alpha value is 0.390. The van der Waals surface area contributed by atoms with Gasteiger partial charge in [-0.2, -0.15) is 0 Å². The molecular weight excluding hydrogens is 230 g/mol. The van der Waals surface area contributed by atoms with E-state index < -0.39 is 10.0 Å². The molecule has 0 radical (unpaired) electrons. The first-order chi connectivity index (χ1) is 4.77. The molecule has 0 saturated carbocycles. The first-order valence-corrected chi connectivity index (χ1v) is 6.33. The lowest BCUT2D eigenvalue weighted by molar-refractivity contribution is 0.445. The summed E-state index contributed by atoms with van der Waals surface area (Å²) >= 11 is 3.26. The fourth-order valence-corrected chi connectivity index (χ4v) is 2.89. The SMILES string of the molecule is CC(C)(CCBr)NS(C)(=O)=O. The van der Waals surface area contributed by atoms with Gasteiger partial charge in [0.2, 0.25) is 10.0 Å². The maximum atomic E-state index is 10.8. The van der Waals surface area contributed by atoms with E-state index in [4.69, 9.17) is 0 Å². The van der Waals surface area contributed by atoms with Gasteiger partial charge in [0.05, 0.1) is 6.26 Å². The smallest absolute Gasteiger partial charge is 0.209 e. The first kappa shape index (κ1) is 11.4. The van der Waals surface area contributed by atoms with E-state index in [1.165, 1.54) is 6.26 Å². The Morgan fingerprint density at radius 2 is 1.91 bits per heavy atom. The molecule has 11 heavy (non-hydrogen) atoms. The zero-order valence-corrected chi connectivity index (χ0v) is 9.42. The van der Waals surface area contributed by atoms with E-state index in [2.05, 4.69) is 20.7 Å². The highest BCUT2D eigenvalue weighted by atomic mass is 79.9. The van der Waals surface area contributed by atoms with Crippen LogP contribution in [0.5, 0.6) is 0 Å². The highest BCUT2D eigenvalue weighted by molar-refractivity contribution is 9.09. The van der Waals surface area contributed by atoms with E-state index in [1.54, 1.807) is 0 Å². The summed E-state index contributed by atoms with van der Waals surface area (Å²) in [6.07, 6.45) is 1.95. The van der Waals surface area contributed by atoms with Crippen molar-refractivity contribution in [3.63, 3.8) is 0 Å². The van der Waals surface area contributed by atoms with Gasteiger partial charge in [-0.15, -0.1) is 0 Å². The van der Waals surface area contributed by atoms with Crippen LogP contribution in [0, 0.1) is 0 Å². The van der Waals surface area contributed by atoms with Crippen molar-refractivity contribution in [2.75, 3.05) is 11.6 Å². The third-order valence-electron chi connectivity index (χ3n) is 1.18. The fraction of sp³-hybridized carbons (Fsp3) is 1.00. The highest BCUT2D eigenvalue weighted by Crippen LogP contribution is 2.10. The summed E-state index contributed by atoms with van der Waals surface area (Å²) in [5, 5.41) is 0.794. The average Bonchev–Trinajstić information content (AvgIpc) is 1.55. The Morgan fingerprint density at radius 3 is 2.18 bits per heavy atom. The van der Waals surface area contributed by atoms with Gasteiger partial charge >= 0.3 is 0 Å². The van der Waals surface area contributed by atoms with Crippen LogP contribution in [-0.2, 0) is 10.0 Å². The number of nitrogens with one attached hydrogen (secondary N) is 1. The molecule has 0 spiro atoms. The zero-order chi connectivity index (χ0) is 9.12. The lowest BCUT2D eigenvalue weighted by Gasteiger charge is -2.23. The van der Waals surface area contributed by atoms with Crippen LogP contribution < -0.4 is 4.72 Å². The van der Waals surface area contributed by atoms with Gasteiger partial charge in [-0.3, -0.25) is 0 Å². The molecular formula is C6H14BrNO2S. The average molecular weight is 244 g/mol. The van der Waals surface area contributed by atoms with Gasteiger partial charge in [0, 0.05) is 10.9 Å².